The van der Waals surface area contributed by atoms with Crippen molar-refractivity contribution in [2.45, 2.75) is 40.5 Å². The summed E-state index contributed by atoms with van der Waals surface area (Å²) >= 11 is 0. The second kappa shape index (κ2) is 16.1. The van der Waals surface area contributed by atoms with Gasteiger partial charge in [0.1, 0.15) is 0 Å². The fourth-order valence-electron chi connectivity index (χ4n) is 5.13. The molecule has 1 aromatic heterocycles. The molecular weight excluding hydrogens is 585 g/mol. The zero-order valence-electron chi connectivity index (χ0n) is 25.9. The summed E-state index contributed by atoms with van der Waals surface area (Å²) in [4.78, 5) is 15.6. The van der Waals surface area contributed by atoms with E-state index >= 15 is 0 Å². The minimum Gasteiger partial charge on any atom is -0.381 e. The van der Waals surface area contributed by atoms with Gasteiger partial charge in [-0.2, -0.15) is 0 Å². The first-order valence-corrected chi connectivity index (χ1v) is 15.0. The molecule has 1 aliphatic rings. The van der Waals surface area contributed by atoms with Crippen LogP contribution in [0.4, 0.5) is 11.4 Å². The van der Waals surface area contributed by atoms with E-state index in [4.69, 9.17) is 19.7 Å². The molecule has 6 rings (SSSR count). The average molecular weight is 624 g/mol. The monoisotopic (exact) mass is 623 g/mol. The smallest absolute Gasteiger partial charge is 0.0966 e. The molecule has 1 fully saturated rings. The molecule has 1 saturated heterocycles. The van der Waals surface area contributed by atoms with Gasteiger partial charge in [0.15, 0.2) is 0 Å². The largest absolute Gasteiger partial charge is 0.381 e. The van der Waals surface area contributed by atoms with Crippen LogP contribution in [-0.2, 0) is 21.2 Å². The molecule has 0 N–H and O–H groups in total. The molecule has 0 radical (unpaired) electrons. The molecule has 0 aliphatic carbocycles. The zero-order valence-corrected chi connectivity index (χ0v) is 26.9. The van der Waals surface area contributed by atoms with Crippen LogP contribution in [0.15, 0.2) is 125 Å². The van der Waals surface area contributed by atoms with Crippen molar-refractivity contribution in [1.29, 1.82) is 0 Å². The summed E-state index contributed by atoms with van der Waals surface area (Å²) in [5.74, 6) is 0. The summed E-state index contributed by atoms with van der Waals surface area (Å²) < 4.78 is 4.94. The van der Waals surface area contributed by atoms with Crippen LogP contribution in [-0.4, -0.2) is 29.6 Å². The fraction of sp³-hybridized carbons (Fsp3) is 0.205. The molecule has 2 heterocycles. The number of nitrogens with zero attached hydrogens (tertiary/aromatic N) is 3. The summed E-state index contributed by atoms with van der Waals surface area (Å²) in [7, 11) is 0. The Morgan fingerprint density at radius 1 is 0.500 bits per heavy atom. The Morgan fingerprint density at radius 2 is 0.864 bits per heavy atom. The molecule has 0 bridgehead atoms. The van der Waals surface area contributed by atoms with Crippen LogP contribution in [0.2, 0.25) is 0 Å². The third-order valence-corrected chi connectivity index (χ3v) is 7.48. The van der Waals surface area contributed by atoms with Gasteiger partial charge in [-0.3, -0.25) is 0 Å². The van der Waals surface area contributed by atoms with Crippen molar-refractivity contribution in [2.75, 3.05) is 13.2 Å². The molecule has 0 atom stereocenters. The van der Waals surface area contributed by atoms with Gasteiger partial charge in [0.25, 0.3) is 0 Å². The van der Waals surface area contributed by atoms with Gasteiger partial charge < -0.3 is 4.74 Å². The number of rotatable bonds is 6. The first-order chi connectivity index (χ1) is 21.0. The van der Waals surface area contributed by atoms with E-state index in [1.165, 1.54) is 12.8 Å². The molecule has 1 aliphatic heterocycles. The van der Waals surface area contributed by atoms with Crippen LogP contribution in [0.3, 0.4) is 0 Å². The van der Waals surface area contributed by atoms with Gasteiger partial charge in [0, 0.05) is 40.8 Å². The number of aliphatic imine (C=N–C) groups is 2. The molecule has 0 unspecified atom stereocenters. The van der Waals surface area contributed by atoms with Crippen molar-refractivity contribution < 1.29 is 21.2 Å². The van der Waals surface area contributed by atoms with Crippen LogP contribution in [0, 0.1) is 27.7 Å². The van der Waals surface area contributed by atoms with Crippen LogP contribution in [0.25, 0.3) is 0 Å². The number of aromatic nitrogens is 1. The first kappa shape index (κ1) is 32.7. The summed E-state index contributed by atoms with van der Waals surface area (Å²) in [5.41, 5.74) is 11.8. The molecule has 5 aromatic rings. The topological polar surface area (TPSA) is 46.8 Å². The Labute approximate surface area is 271 Å². The molecule has 0 spiro atoms. The number of pyridine rings is 1. The average Bonchev–Trinajstić information content (AvgIpc) is 3.63. The van der Waals surface area contributed by atoms with E-state index in [1.54, 1.807) is 0 Å². The zero-order chi connectivity index (χ0) is 30.0. The van der Waals surface area contributed by atoms with E-state index in [1.807, 2.05) is 54.6 Å². The van der Waals surface area contributed by atoms with Crippen molar-refractivity contribution >= 4 is 22.8 Å². The molecular formula is C39H39N3NiO. The summed E-state index contributed by atoms with van der Waals surface area (Å²) in [5, 5.41) is 0. The maximum Gasteiger partial charge on any atom is 0.0966 e. The van der Waals surface area contributed by atoms with Gasteiger partial charge in [-0.25, -0.2) is 15.0 Å². The minimum absolute atomic E-state index is 0. The molecule has 226 valence electrons. The summed E-state index contributed by atoms with van der Waals surface area (Å²) in [6, 6.07) is 39.2. The minimum atomic E-state index is 0. The second-order valence-electron chi connectivity index (χ2n) is 10.9. The van der Waals surface area contributed by atoms with E-state index in [9.17, 15) is 0 Å². The number of hydrogen-bond donors (Lipinski definition) is 0. The maximum atomic E-state index is 5.20. The summed E-state index contributed by atoms with van der Waals surface area (Å²) in [6.07, 6.45) is 2.56. The van der Waals surface area contributed by atoms with Gasteiger partial charge in [-0.1, -0.05) is 103 Å². The van der Waals surface area contributed by atoms with Crippen LogP contribution >= 0.6 is 0 Å². The van der Waals surface area contributed by atoms with Crippen LogP contribution < -0.4 is 0 Å². The van der Waals surface area contributed by atoms with Gasteiger partial charge in [-0.05, 0) is 74.9 Å². The Balaban J connectivity index is 0.000000670. The van der Waals surface area contributed by atoms with Crippen LogP contribution in [0.5, 0.6) is 0 Å². The number of hydrogen-bond acceptors (Lipinski definition) is 4. The van der Waals surface area contributed by atoms with Crippen molar-refractivity contribution in [1.82, 2.24) is 4.98 Å². The van der Waals surface area contributed by atoms with Gasteiger partial charge in [0.05, 0.1) is 34.2 Å². The van der Waals surface area contributed by atoms with Crippen molar-refractivity contribution in [2.24, 2.45) is 9.98 Å². The van der Waals surface area contributed by atoms with Crippen molar-refractivity contribution in [3.8, 4) is 0 Å². The van der Waals surface area contributed by atoms with E-state index in [0.29, 0.717) is 0 Å². The molecule has 4 nitrogen and oxygen atoms in total. The molecule has 4 aromatic carbocycles. The van der Waals surface area contributed by atoms with Crippen molar-refractivity contribution in [3.63, 3.8) is 0 Å². The number of para-hydroxylation sites is 2. The normalized spacial score (nSPS) is 13.1. The van der Waals surface area contributed by atoms with Gasteiger partial charge in [-0.15, -0.1) is 0 Å². The summed E-state index contributed by atoms with van der Waals surface area (Å²) in [6.45, 7) is 10.4. The van der Waals surface area contributed by atoms with E-state index in [-0.39, 0.29) is 16.5 Å². The fourth-order valence-corrected chi connectivity index (χ4v) is 5.13. The standard InChI is InChI=1S/C35H31N3.C4H8O.Ni/c1-24-14-11-15-25(2)32(24)37-34(28-18-7-5-8-19-28)30-22-13-23-31(36-30)35(29-20-9-6-10-21-29)38-33-26(3)16-12-17-27(33)4;1-2-4-5-3-1;/h5-23H,1-4H3;1-4H2;. The molecule has 0 saturated carbocycles. The quantitative estimate of drug-likeness (QED) is 0.140. The maximum absolute atomic E-state index is 5.20. The Morgan fingerprint density at radius 3 is 1.20 bits per heavy atom. The third-order valence-electron chi connectivity index (χ3n) is 7.48. The Hall–Kier alpha value is -4.18. The van der Waals surface area contributed by atoms with Crippen LogP contribution in [0.1, 0.15) is 57.6 Å². The molecule has 44 heavy (non-hydrogen) atoms. The number of aryl methyl sites for hydroxylation is 4. The number of ether oxygens (including phenoxy) is 1. The second-order valence-corrected chi connectivity index (χ2v) is 10.9. The Kier molecular flexibility index (Phi) is 11.9. The SMILES string of the molecule is C1CCOC1.Cc1cccc(C)c1N=C(c1ccccc1)c1cccc(C(=Nc2c(C)cccc2C)c2ccccc2)n1.[Ni]. The van der Waals surface area contributed by atoms with Gasteiger partial charge in [0.2, 0.25) is 0 Å². The third kappa shape index (κ3) is 8.25. The van der Waals surface area contributed by atoms with E-state index < -0.39 is 0 Å². The first-order valence-electron chi connectivity index (χ1n) is 15.0. The Bertz CT molecular complexity index is 1560. The molecule has 5 heteroatoms. The number of benzene rings is 4. The van der Waals surface area contributed by atoms with E-state index in [2.05, 4.69) is 88.4 Å². The predicted molar refractivity (Wildman–Crippen MR) is 180 cm³/mol. The van der Waals surface area contributed by atoms with Gasteiger partial charge >= 0.3 is 0 Å². The molecule has 0 amide bonds. The predicted octanol–water partition coefficient (Wildman–Crippen LogP) is 9.45. The van der Waals surface area contributed by atoms with E-state index in [0.717, 1.165) is 80.8 Å². The van der Waals surface area contributed by atoms with Crippen molar-refractivity contribution in [3.05, 3.63) is 160 Å².